The molecule has 0 spiro atoms. The van der Waals surface area contributed by atoms with E-state index < -0.39 is 0 Å². The number of nitriles is 1. The first-order valence-corrected chi connectivity index (χ1v) is 9.70. The number of nitrogens with zero attached hydrogens (tertiary/aromatic N) is 4. The number of piperidine rings is 1. The summed E-state index contributed by atoms with van der Waals surface area (Å²) in [4.78, 5) is 26.3. The molecule has 0 saturated carbocycles. The zero-order valence-corrected chi connectivity index (χ0v) is 16.3. The molecule has 1 aliphatic rings. The zero-order valence-electron chi connectivity index (χ0n) is 16.3. The lowest BCUT2D eigenvalue weighted by Crippen LogP contribution is -2.39. The van der Waals surface area contributed by atoms with E-state index in [-0.39, 0.29) is 11.9 Å². The van der Waals surface area contributed by atoms with Crippen LogP contribution in [-0.4, -0.2) is 51.9 Å². The van der Waals surface area contributed by atoms with Crippen LogP contribution in [0, 0.1) is 11.3 Å². The molecule has 1 aliphatic heterocycles. The highest BCUT2D eigenvalue weighted by molar-refractivity contribution is 6.06. The SMILES string of the molecule is CNC(=O)c1cnc2[nH]ccc2c1NC1CCN(Cc2ccc(C#N)nc2)CC1. The number of carbonyl (C=O) groups excluding carboxylic acids is 1. The fourth-order valence-corrected chi connectivity index (χ4v) is 3.75. The predicted octanol–water partition coefficient (Wildman–Crippen LogP) is 2.27. The molecule has 3 N–H and O–H groups in total. The standard InChI is InChI=1S/C21H23N7O/c1-23-21(29)18-12-26-20-17(4-7-24-20)19(18)27-15-5-8-28(9-6-15)13-14-2-3-16(10-22)25-11-14/h2-4,7,11-12,15H,5-6,8-9,13H2,1H3,(H,23,29)(H2,24,26,27). The highest BCUT2D eigenvalue weighted by Gasteiger charge is 2.23. The van der Waals surface area contributed by atoms with E-state index in [9.17, 15) is 4.79 Å². The normalized spacial score (nSPS) is 15.2. The van der Waals surface area contributed by atoms with Crippen LogP contribution in [0.4, 0.5) is 5.69 Å². The number of rotatable bonds is 5. The van der Waals surface area contributed by atoms with Crippen LogP contribution in [0.15, 0.2) is 36.8 Å². The maximum Gasteiger partial charge on any atom is 0.254 e. The summed E-state index contributed by atoms with van der Waals surface area (Å²) >= 11 is 0. The maximum atomic E-state index is 12.3. The molecule has 0 aliphatic carbocycles. The van der Waals surface area contributed by atoms with Crippen LogP contribution in [0.2, 0.25) is 0 Å². The van der Waals surface area contributed by atoms with Gasteiger partial charge in [-0.25, -0.2) is 9.97 Å². The molecular weight excluding hydrogens is 366 g/mol. The molecule has 29 heavy (non-hydrogen) atoms. The molecule has 148 valence electrons. The van der Waals surface area contributed by atoms with Crippen LogP contribution in [0.3, 0.4) is 0 Å². The van der Waals surface area contributed by atoms with Crippen molar-refractivity contribution < 1.29 is 4.79 Å². The minimum Gasteiger partial charge on any atom is -0.381 e. The van der Waals surface area contributed by atoms with Crippen LogP contribution in [0.5, 0.6) is 0 Å². The van der Waals surface area contributed by atoms with Crippen molar-refractivity contribution in [2.45, 2.75) is 25.4 Å². The van der Waals surface area contributed by atoms with E-state index >= 15 is 0 Å². The maximum absolute atomic E-state index is 12.3. The number of pyridine rings is 2. The third kappa shape index (κ3) is 4.05. The molecule has 1 saturated heterocycles. The Morgan fingerprint density at radius 3 is 2.79 bits per heavy atom. The van der Waals surface area contributed by atoms with Gasteiger partial charge < -0.3 is 15.6 Å². The minimum absolute atomic E-state index is 0.145. The summed E-state index contributed by atoms with van der Waals surface area (Å²) in [5, 5.41) is 16.1. The first-order chi connectivity index (χ1) is 14.2. The van der Waals surface area contributed by atoms with Gasteiger partial charge in [-0.1, -0.05) is 6.07 Å². The Labute approximate surface area is 169 Å². The summed E-state index contributed by atoms with van der Waals surface area (Å²) in [6, 6.07) is 8.00. The van der Waals surface area contributed by atoms with E-state index in [1.54, 1.807) is 25.5 Å². The van der Waals surface area contributed by atoms with Crippen molar-refractivity contribution in [3.05, 3.63) is 53.6 Å². The van der Waals surface area contributed by atoms with Gasteiger partial charge in [0.25, 0.3) is 5.91 Å². The van der Waals surface area contributed by atoms with Crippen molar-refractivity contribution in [1.29, 1.82) is 5.26 Å². The second-order valence-electron chi connectivity index (χ2n) is 7.22. The van der Waals surface area contributed by atoms with Crippen molar-refractivity contribution in [1.82, 2.24) is 25.2 Å². The second-order valence-corrected chi connectivity index (χ2v) is 7.22. The highest BCUT2D eigenvalue weighted by Crippen LogP contribution is 2.28. The highest BCUT2D eigenvalue weighted by atomic mass is 16.1. The monoisotopic (exact) mass is 389 g/mol. The van der Waals surface area contributed by atoms with Gasteiger partial charge in [-0.15, -0.1) is 0 Å². The number of aromatic amines is 1. The number of fused-ring (bicyclic) bond motifs is 1. The Balaban J connectivity index is 1.42. The Morgan fingerprint density at radius 2 is 2.10 bits per heavy atom. The molecule has 1 fully saturated rings. The van der Waals surface area contributed by atoms with Crippen LogP contribution >= 0.6 is 0 Å². The van der Waals surface area contributed by atoms with Gasteiger partial charge in [-0.05, 0) is 30.5 Å². The fraction of sp³-hybridized carbons (Fsp3) is 0.333. The van der Waals surface area contributed by atoms with Crippen molar-refractivity contribution >= 4 is 22.6 Å². The largest absolute Gasteiger partial charge is 0.381 e. The van der Waals surface area contributed by atoms with Gasteiger partial charge in [0.15, 0.2) is 0 Å². The number of nitrogens with one attached hydrogen (secondary N) is 3. The van der Waals surface area contributed by atoms with Gasteiger partial charge in [-0.2, -0.15) is 5.26 Å². The molecule has 0 radical (unpaired) electrons. The number of anilines is 1. The van der Waals surface area contributed by atoms with E-state index in [0.29, 0.717) is 11.3 Å². The quantitative estimate of drug-likeness (QED) is 0.617. The molecule has 0 bridgehead atoms. The van der Waals surface area contributed by atoms with Crippen molar-refractivity contribution in [2.75, 3.05) is 25.5 Å². The van der Waals surface area contributed by atoms with E-state index in [0.717, 1.165) is 54.8 Å². The zero-order chi connectivity index (χ0) is 20.2. The lowest BCUT2D eigenvalue weighted by Gasteiger charge is -2.33. The van der Waals surface area contributed by atoms with Crippen molar-refractivity contribution in [3.63, 3.8) is 0 Å². The number of hydrogen-bond acceptors (Lipinski definition) is 6. The van der Waals surface area contributed by atoms with E-state index in [4.69, 9.17) is 5.26 Å². The minimum atomic E-state index is -0.145. The fourth-order valence-electron chi connectivity index (χ4n) is 3.75. The molecule has 0 unspecified atom stereocenters. The van der Waals surface area contributed by atoms with E-state index in [2.05, 4.69) is 30.5 Å². The molecule has 4 rings (SSSR count). The Morgan fingerprint density at radius 1 is 1.28 bits per heavy atom. The first kappa shape index (κ1) is 18.9. The summed E-state index contributed by atoms with van der Waals surface area (Å²) < 4.78 is 0. The van der Waals surface area contributed by atoms with E-state index in [1.165, 1.54) is 0 Å². The summed E-state index contributed by atoms with van der Waals surface area (Å²) in [7, 11) is 1.63. The number of carbonyl (C=O) groups is 1. The van der Waals surface area contributed by atoms with Gasteiger partial charge in [0, 0.05) is 56.7 Å². The first-order valence-electron chi connectivity index (χ1n) is 9.70. The number of likely N-dealkylation sites (tertiary alicyclic amines) is 1. The molecule has 0 atom stereocenters. The van der Waals surface area contributed by atoms with Gasteiger partial charge >= 0.3 is 0 Å². The summed E-state index contributed by atoms with van der Waals surface area (Å²) in [5.74, 6) is -0.145. The third-order valence-electron chi connectivity index (χ3n) is 5.34. The number of hydrogen-bond donors (Lipinski definition) is 3. The molecule has 1 amide bonds. The van der Waals surface area contributed by atoms with Crippen molar-refractivity contribution in [2.24, 2.45) is 0 Å². The van der Waals surface area contributed by atoms with Crippen LogP contribution in [0.25, 0.3) is 11.0 Å². The van der Waals surface area contributed by atoms with Crippen LogP contribution in [0.1, 0.15) is 34.5 Å². The number of aromatic nitrogens is 3. The van der Waals surface area contributed by atoms with Crippen LogP contribution in [-0.2, 0) is 6.54 Å². The lowest BCUT2D eigenvalue weighted by molar-refractivity contribution is 0.0963. The molecule has 3 aromatic rings. The Hall–Kier alpha value is -3.44. The molecule has 3 aromatic heterocycles. The van der Waals surface area contributed by atoms with Crippen molar-refractivity contribution in [3.8, 4) is 6.07 Å². The predicted molar refractivity (Wildman–Crippen MR) is 110 cm³/mol. The molecular formula is C21H23N7O. The lowest BCUT2D eigenvalue weighted by atomic mass is 10.0. The topological polar surface area (TPSA) is 110 Å². The Bertz CT molecular complexity index is 1040. The second kappa shape index (κ2) is 8.29. The molecule has 0 aromatic carbocycles. The van der Waals surface area contributed by atoms with Crippen LogP contribution < -0.4 is 10.6 Å². The number of H-pyrrole nitrogens is 1. The average Bonchev–Trinajstić information content (AvgIpc) is 3.24. The summed E-state index contributed by atoms with van der Waals surface area (Å²) in [6.07, 6.45) is 7.19. The van der Waals surface area contributed by atoms with E-state index in [1.807, 2.05) is 24.4 Å². The Kier molecular flexibility index (Phi) is 5.40. The number of amides is 1. The molecule has 8 nitrogen and oxygen atoms in total. The van der Waals surface area contributed by atoms with Gasteiger partial charge in [0.1, 0.15) is 17.4 Å². The third-order valence-corrected chi connectivity index (χ3v) is 5.34. The van der Waals surface area contributed by atoms with Gasteiger partial charge in [-0.3, -0.25) is 9.69 Å². The van der Waals surface area contributed by atoms with Gasteiger partial charge in [0.05, 0.1) is 11.3 Å². The molecule has 4 heterocycles. The molecule has 8 heteroatoms. The average molecular weight is 389 g/mol. The smallest absolute Gasteiger partial charge is 0.254 e. The summed E-state index contributed by atoms with van der Waals surface area (Å²) in [5.41, 5.74) is 3.72. The summed E-state index contributed by atoms with van der Waals surface area (Å²) in [6.45, 7) is 2.73. The van der Waals surface area contributed by atoms with Gasteiger partial charge in [0.2, 0.25) is 0 Å².